The van der Waals surface area contributed by atoms with Crippen LogP contribution in [0, 0.1) is 10.1 Å². The van der Waals surface area contributed by atoms with E-state index >= 15 is 0 Å². The van der Waals surface area contributed by atoms with Gasteiger partial charge in [0.2, 0.25) is 0 Å². The number of halogens is 1. The van der Waals surface area contributed by atoms with Gasteiger partial charge in [-0.25, -0.2) is 0 Å². The molecule has 0 atom stereocenters. The third-order valence-corrected chi connectivity index (χ3v) is 3.28. The molecule has 8 nitrogen and oxygen atoms in total. The largest absolute Gasteiger partial charge is 0.506 e. The summed E-state index contributed by atoms with van der Waals surface area (Å²) >= 11 is 3.23. The Bertz CT molecular complexity index is 713. The van der Waals surface area contributed by atoms with Crippen LogP contribution in [-0.4, -0.2) is 25.7 Å². The number of phenols is 1. The number of carbonyl (C=O) groups is 1. The molecule has 0 unspecified atom stereocenters. The molecule has 9 heteroatoms. The molecule has 0 fully saturated rings. The van der Waals surface area contributed by atoms with Crippen molar-refractivity contribution in [3.05, 3.63) is 44.7 Å². The second-order valence-electron chi connectivity index (χ2n) is 4.09. The third-order valence-electron chi connectivity index (χ3n) is 2.70. The van der Waals surface area contributed by atoms with Crippen LogP contribution < -0.4 is 5.32 Å². The molecule has 21 heavy (non-hydrogen) atoms. The number of nitrogens with one attached hydrogen (secondary N) is 1. The van der Waals surface area contributed by atoms with Crippen LogP contribution in [0.1, 0.15) is 17.4 Å². The number of non-ortho nitro benzene ring substituents is 1. The number of carbonyl (C=O) groups excluding carboxylic acids is 1. The summed E-state index contributed by atoms with van der Waals surface area (Å²) in [6, 6.07) is 3.42. The van der Waals surface area contributed by atoms with E-state index in [-0.39, 0.29) is 22.8 Å². The monoisotopic (exact) mass is 354 g/mol. The second-order valence-corrected chi connectivity index (χ2v) is 4.95. The summed E-state index contributed by atoms with van der Waals surface area (Å²) < 4.78 is 2.09. The van der Waals surface area contributed by atoms with Gasteiger partial charge >= 0.3 is 0 Å². The molecule has 2 aromatic rings. The Kier molecular flexibility index (Phi) is 4.22. The summed E-state index contributed by atoms with van der Waals surface area (Å²) in [4.78, 5) is 22.0. The number of aryl methyl sites for hydroxylation is 1. The molecule has 0 radical (unpaired) electrons. The van der Waals surface area contributed by atoms with Crippen molar-refractivity contribution < 1.29 is 14.8 Å². The number of aromatic nitrogens is 2. The van der Waals surface area contributed by atoms with Crippen LogP contribution in [0.2, 0.25) is 0 Å². The van der Waals surface area contributed by atoms with Gasteiger partial charge in [-0.1, -0.05) is 0 Å². The first-order valence-electron chi connectivity index (χ1n) is 5.94. The van der Waals surface area contributed by atoms with Crippen LogP contribution >= 0.6 is 15.9 Å². The van der Waals surface area contributed by atoms with E-state index in [1.54, 1.807) is 10.9 Å². The number of rotatable bonds is 4. The molecular formula is C12H11BrN4O4. The van der Waals surface area contributed by atoms with Gasteiger partial charge in [0.25, 0.3) is 11.6 Å². The van der Waals surface area contributed by atoms with E-state index in [0.717, 1.165) is 6.07 Å². The maximum absolute atomic E-state index is 12.1. The van der Waals surface area contributed by atoms with E-state index in [4.69, 9.17) is 0 Å². The van der Waals surface area contributed by atoms with Crippen molar-refractivity contribution in [2.24, 2.45) is 0 Å². The Hall–Kier alpha value is -2.42. The Morgan fingerprint density at radius 2 is 2.29 bits per heavy atom. The average molecular weight is 355 g/mol. The lowest BCUT2D eigenvalue weighted by Crippen LogP contribution is -2.14. The zero-order valence-electron chi connectivity index (χ0n) is 10.9. The number of phenolic OH excluding ortho intramolecular Hbond substituents is 1. The van der Waals surface area contributed by atoms with Crippen molar-refractivity contribution in [1.82, 2.24) is 9.78 Å². The minimum absolute atomic E-state index is 0.0727. The third kappa shape index (κ3) is 3.19. The molecule has 110 valence electrons. The fraction of sp³-hybridized carbons (Fsp3) is 0.167. The topological polar surface area (TPSA) is 110 Å². The summed E-state index contributed by atoms with van der Waals surface area (Å²) in [6.07, 6.45) is 1.66. The number of aromatic hydroxyl groups is 1. The average Bonchev–Trinajstić information content (AvgIpc) is 2.82. The van der Waals surface area contributed by atoms with Gasteiger partial charge in [-0.15, -0.1) is 0 Å². The van der Waals surface area contributed by atoms with Gasteiger partial charge in [0, 0.05) is 18.8 Å². The Morgan fingerprint density at radius 3 is 2.81 bits per heavy atom. The van der Waals surface area contributed by atoms with Crippen molar-refractivity contribution in [3.63, 3.8) is 0 Å². The zero-order chi connectivity index (χ0) is 15.6. The van der Waals surface area contributed by atoms with Crippen LogP contribution in [0.3, 0.4) is 0 Å². The highest BCUT2D eigenvalue weighted by molar-refractivity contribution is 9.10. The van der Waals surface area contributed by atoms with E-state index < -0.39 is 10.8 Å². The Morgan fingerprint density at radius 1 is 1.57 bits per heavy atom. The fourth-order valence-corrected chi connectivity index (χ4v) is 2.13. The van der Waals surface area contributed by atoms with Gasteiger partial charge in [0.05, 0.1) is 21.1 Å². The molecule has 0 bridgehead atoms. The molecule has 0 aliphatic rings. The van der Waals surface area contributed by atoms with Gasteiger partial charge in [-0.2, -0.15) is 5.10 Å². The number of nitro benzene ring substituents is 1. The highest BCUT2D eigenvalue weighted by Gasteiger charge is 2.17. The van der Waals surface area contributed by atoms with Crippen LogP contribution in [-0.2, 0) is 6.54 Å². The van der Waals surface area contributed by atoms with Crippen molar-refractivity contribution in [2.75, 3.05) is 5.32 Å². The number of benzene rings is 1. The minimum Gasteiger partial charge on any atom is -0.506 e. The van der Waals surface area contributed by atoms with Gasteiger partial charge in [-0.3, -0.25) is 19.6 Å². The van der Waals surface area contributed by atoms with E-state index in [1.165, 1.54) is 12.1 Å². The predicted molar refractivity (Wildman–Crippen MR) is 78.3 cm³/mol. The standard InChI is InChI=1S/C12H11BrN4O4/c1-2-16-6-8(13)11(15-16)12(19)14-9-4-3-7(17(20)21)5-10(9)18/h3-6,18H,2H2,1H3,(H,14,19). The normalized spacial score (nSPS) is 10.4. The van der Waals surface area contributed by atoms with Crippen LogP contribution in [0.5, 0.6) is 5.75 Å². The Labute approximate surface area is 127 Å². The summed E-state index contributed by atoms with van der Waals surface area (Å²) in [5, 5.41) is 26.8. The molecule has 1 amide bonds. The SMILES string of the molecule is CCn1cc(Br)c(C(=O)Nc2ccc([N+](=O)[O-])cc2O)n1. The molecule has 0 aliphatic heterocycles. The number of hydrogen-bond acceptors (Lipinski definition) is 5. The zero-order valence-corrected chi connectivity index (χ0v) is 12.5. The van der Waals surface area contributed by atoms with Crippen molar-refractivity contribution in [3.8, 4) is 5.75 Å². The molecule has 1 heterocycles. The summed E-state index contributed by atoms with van der Waals surface area (Å²) in [7, 11) is 0. The second kappa shape index (κ2) is 5.92. The van der Waals surface area contributed by atoms with Crippen molar-refractivity contribution >= 4 is 33.2 Å². The lowest BCUT2D eigenvalue weighted by Gasteiger charge is -2.05. The number of anilines is 1. The van der Waals surface area contributed by atoms with E-state index in [2.05, 4.69) is 26.3 Å². The number of nitrogens with zero attached hydrogens (tertiary/aromatic N) is 3. The lowest BCUT2D eigenvalue weighted by atomic mass is 10.2. The van der Waals surface area contributed by atoms with Crippen molar-refractivity contribution in [1.29, 1.82) is 0 Å². The van der Waals surface area contributed by atoms with E-state index in [1.807, 2.05) is 6.92 Å². The molecule has 0 spiro atoms. The van der Waals surface area contributed by atoms with Crippen LogP contribution in [0.15, 0.2) is 28.9 Å². The van der Waals surface area contributed by atoms with Gasteiger partial charge in [0.15, 0.2) is 5.69 Å². The number of nitro groups is 1. The first-order valence-corrected chi connectivity index (χ1v) is 6.73. The summed E-state index contributed by atoms with van der Waals surface area (Å²) in [5.74, 6) is -0.915. The van der Waals surface area contributed by atoms with Crippen molar-refractivity contribution in [2.45, 2.75) is 13.5 Å². The van der Waals surface area contributed by atoms with E-state index in [9.17, 15) is 20.0 Å². The smallest absolute Gasteiger partial charge is 0.277 e. The molecule has 1 aromatic heterocycles. The van der Waals surface area contributed by atoms with Crippen LogP contribution in [0.4, 0.5) is 11.4 Å². The molecule has 2 rings (SSSR count). The first kappa shape index (κ1) is 15.0. The Balaban J connectivity index is 2.23. The molecule has 0 aliphatic carbocycles. The molecule has 0 saturated carbocycles. The van der Waals surface area contributed by atoms with E-state index in [0.29, 0.717) is 11.0 Å². The maximum Gasteiger partial charge on any atom is 0.277 e. The van der Waals surface area contributed by atoms with Crippen LogP contribution in [0.25, 0.3) is 0 Å². The number of amides is 1. The predicted octanol–water partition coefficient (Wildman–Crippen LogP) is 2.53. The first-order chi connectivity index (χ1) is 9.92. The number of hydrogen-bond donors (Lipinski definition) is 2. The minimum atomic E-state index is -0.634. The highest BCUT2D eigenvalue weighted by atomic mass is 79.9. The van der Waals surface area contributed by atoms with Gasteiger partial charge in [0.1, 0.15) is 5.75 Å². The molecular weight excluding hydrogens is 344 g/mol. The molecule has 0 saturated heterocycles. The summed E-state index contributed by atoms with van der Waals surface area (Å²) in [6.45, 7) is 2.48. The summed E-state index contributed by atoms with van der Waals surface area (Å²) in [5.41, 5.74) is -0.0277. The van der Waals surface area contributed by atoms with Gasteiger partial charge < -0.3 is 10.4 Å². The molecule has 1 aromatic carbocycles. The fourth-order valence-electron chi connectivity index (χ4n) is 1.63. The van der Waals surface area contributed by atoms with Gasteiger partial charge in [-0.05, 0) is 28.9 Å². The highest BCUT2D eigenvalue weighted by Crippen LogP contribution is 2.28. The lowest BCUT2D eigenvalue weighted by molar-refractivity contribution is -0.384. The quantitative estimate of drug-likeness (QED) is 0.497. The molecule has 2 N–H and O–H groups in total. The maximum atomic E-state index is 12.1.